The maximum atomic E-state index is 13.7. The number of anilines is 1. The van der Waals surface area contributed by atoms with E-state index in [0.29, 0.717) is 13.1 Å². The summed E-state index contributed by atoms with van der Waals surface area (Å²) in [6, 6.07) is 1.76. The molecule has 0 aliphatic rings. The quantitative estimate of drug-likeness (QED) is 0.823. The summed E-state index contributed by atoms with van der Waals surface area (Å²) in [6.07, 6.45) is 1.75. The average Bonchev–Trinajstić information content (AvgIpc) is 2.34. The molecule has 0 aliphatic heterocycles. The van der Waals surface area contributed by atoms with Gasteiger partial charge in [0.25, 0.3) is 5.91 Å². The Kier molecular flexibility index (Phi) is 5.07. The molecule has 1 aromatic carbocycles. The highest BCUT2D eigenvalue weighted by atomic mass is 19.1. The van der Waals surface area contributed by atoms with Gasteiger partial charge in [-0.3, -0.25) is 4.79 Å². The zero-order valence-corrected chi connectivity index (χ0v) is 10.7. The lowest BCUT2D eigenvalue weighted by molar-refractivity contribution is 0.0757. The van der Waals surface area contributed by atoms with Crippen molar-refractivity contribution < 1.29 is 13.6 Å². The molecular weight excluding hydrogens is 238 g/mol. The second-order valence-electron chi connectivity index (χ2n) is 4.09. The first-order valence-corrected chi connectivity index (χ1v) is 6.05. The molecule has 0 unspecified atom stereocenters. The maximum absolute atomic E-state index is 13.7. The Labute approximate surface area is 106 Å². The van der Waals surface area contributed by atoms with Gasteiger partial charge in [0.1, 0.15) is 5.82 Å². The number of carbonyl (C=O) groups is 1. The number of hydrogen-bond donors (Lipinski definition) is 1. The van der Waals surface area contributed by atoms with Crippen LogP contribution in [-0.2, 0) is 0 Å². The van der Waals surface area contributed by atoms with Crippen LogP contribution in [0.25, 0.3) is 0 Å². The van der Waals surface area contributed by atoms with Crippen molar-refractivity contribution in [3.05, 3.63) is 29.3 Å². The van der Waals surface area contributed by atoms with Gasteiger partial charge in [-0.15, -0.1) is 0 Å². The Hall–Kier alpha value is -1.65. The second-order valence-corrected chi connectivity index (χ2v) is 4.09. The first-order chi connectivity index (χ1) is 8.51. The summed E-state index contributed by atoms with van der Waals surface area (Å²) >= 11 is 0. The Bertz CT molecular complexity index is 435. The molecule has 100 valence electrons. The lowest BCUT2D eigenvalue weighted by Crippen LogP contribution is -2.32. The monoisotopic (exact) mass is 256 g/mol. The topological polar surface area (TPSA) is 46.3 Å². The normalized spacial score (nSPS) is 10.4. The lowest BCUT2D eigenvalue weighted by Gasteiger charge is -2.21. The van der Waals surface area contributed by atoms with E-state index in [1.54, 1.807) is 6.92 Å². The van der Waals surface area contributed by atoms with Crippen LogP contribution in [0.2, 0.25) is 0 Å². The van der Waals surface area contributed by atoms with Gasteiger partial charge in [-0.2, -0.15) is 0 Å². The number of nitrogens with two attached hydrogens (primary N) is 1. The average molecular weight is 256 g/mol. The van der Waals surface area contributed by atoms with E-state index in [9.17, 15) is 13.6 Å². The van der Waals surface area contributed by atoms with Crippen molar-refractivity contribution in [3.8, 4) is 0 Å². The summed E-state index contributed by atoms with van der Waals surface area (Å²) in [6.45, 7) is 4.78. The van der Waals surface area contributed by atoms with Gasteiger partial charge in [-0.1, -0.05) is 13.3 Å². The summed E-state index contributed by atoms with van der Waals surface area (Å²) in [5.74, 6) is -2.07. The number of carbonyl (C=O) groups excluding carboxylic acids is 1. The molecule has 0 heterocycles. The molecule has 0 radical (unpaired) electrons. The van der Waals surface area contributed by atoms with Crippen molar-refractivity contribution in [2.45, 2.75) is 26.7 Å². The van der Waals surface area contributed by atoms with Crippen molar-refractivity contribution in [3.63, 3.8) is 0 Å². The summed E-state index contributed by atoms with van der Waals surface area (Å²) in [4.78, 5) is 13.6. The number of nitrogens with zero attached hydrogens (tertiary/aromatic N) is 1. The maximum Gasteiger partial charge on any atom is 0.257 e. The Morgan fingerprint density at radius 1 is 1.33 bits per heavy atom. The van der Waals surface area contributed by atoms with Gasteiger partial charge in [0.2, 0.25) is 0 Å². The van der Waals surface area contributed by atoms with Crippen molar-refractivity contribution in [1.29, 1.82) is 0 Å². The smallest absolute Gasteiger partial charge is 0.257 e. The first kappa shape index (κ1) is 14.4. The van der Waals surface area contributed by atoms with Crippen LogP contribution < -0.4 is 5.73 Å². The van der Waals surface area contributed by atoms with Crippen LogP contribution in [0.3, 0.4) is 0 Å². The Morgan fingerprint density at radius 2 is 2.00 bits per heavy atom. The van der Waals surface area contributed by atoms with Crippen LogP contribution in [0, 0.1) is 11.6 Å². The molecule has 5 heteroatoms. The minimum atomic E-state index is -0.851. The molecule has 0 bridgehead atoms. The van der Waals surface area contributed by atoms with E-state index in [-0.39, 0.29) is 11.3 Å². The second kappa shape index (κ2) is 6.33. The van der Waals surface area contributed by atoms with Crippen molar-refractivity contribution >= 4 is 11.6 Å². The first-order valence-electron chi connectivity index (χ1n) is 6.05. The van der Waals surface area contributed by atoms with Crippen LogP contribution in [0.15, 0.2) is 12.1 Å². The molecule has 0 fully saturated rings. The van der Waals surface area contributed by atoms with Crippen molar-refractivity contribution in [1.82, 2.24) is 4.90 Å². The molecule has 2 N–H and O–H groups in total. The highest BCUT2D eigenvalue weighted by Gasteiger charge is 2.20. The SMILES string of the molecule is CCCCN(CC)C(=O)c1cc(F)cc(N)c1F. The molecule has 0 spiro atoms. The molecule has 1 aromatic rings. The molecule has 1 amide bonds. The van der Waals surface area contributed by atoms with Gasteiger partial charge in [0.05, 0.1) is 11.3 Å². The molecule has 0 aromatic heterocycles. The third-order valence-electron chi connectivity index (χ3n) is 2.75. The molecule has 18 heavy (non-hydrogen) atoms. The zero-order valence-electron chi connectivity index (χ0n) is 10.7. The minimum absolute atomic E-state index is 0.301. The van der Waals surface area contributed by atoms with Gasteiger partial charge in [-0.25, -0.2) is 8.78 Å². The van der Waals surface area contributed by atoms with Crippen molar-refractivity contribution in [2.75, 3.05) is 18.8 Å². The Morgan fingerprint density at radius 3 is 2.56 bits per heavy atom. The summed E-state index contributed by atoms with van der Waals surface area (Å²) in [7, 11) is 0. The van der Waals surface area contributed by atoms with E-state index in [2.05, 4.69) is 0 Å². The number of hydrogen-bond acceptors (Lipinski definition) is 2. The van der Waals surface area contributed by atoms with Crippen LogP contribution in [-0.4, -0.2) is 23.9 Å². The largest absolute Gasteiger partial charge is 0.396 e. The molecule has 3 nitrogen and oxygen atoms in total. The standard InChI is InChI=1S/C13H18F2N2O/c1-3-5-6-17(4-2)13(18)10-7-9(14)8-11(16)12(10)15/h7-8H,3-6,16H2,1-2H3. The summed E-state index contributed by atoms with van der Waals surface area (Å²) < 4.78 is 26.9. The lowest BCUT2D eigenvalue weighted by atomic mass is 10.1. The van der Waals surface area contributed by atoms with E-state index in [0.717, 1.165) is 25.0 Å². The number of amides is 1. The van der Waals surface area contributed by atoms with Crippen LogP contribution >= 0.6 is 0 Å². The van der Waals surface area contributed by atoms with E-state index >= 15 is 0 Å². The highest BCUT2D eigenvalue weighted by Crippen LogP contribution is 2.19. The molecule has 0 aliphatic carbocycles. The van der Waals surface area contributed by atoms with Crippen molar-refractivity contribution in [2.24, 2.45) is 0 Å². The van der Waals surface area contributed by atoms with Gasteiger partial charge in [0, 0.05) is 13.1 Å². The van der Waals surface area contributed by atoms with Gasteiger partial charge < -0.3 is 10.6 Å². The highest BCUT2D eigenvalue weighted by molar-refractivity contribution is 5.95. The molecule has 1 rings (SSSR count). The van der Waals surface area contributed by atoms with Gasteiger partial charge >= 0.3 is 0 Å². The number of benzene rings is 1. The number of unbranched alkanes of at least 4 members (excludes halogenated alkanes) is 1. The minimum Gasteiger partial charge on any atom is -0.396 e. The molecular formula is C13H18F2N2O. The Balaban J connectivity index is 3.01. The molecule has 0 saturated heterocycles. The fourth-order valence-corrected chi connectivity index (χ4v) is 1.69. The molecule has 0 atom stereocenters. The van der Waals surface area contributed by atoms with Gasteiger partial charge in [-0.05, 0) is 25.5 Å². The fraction of sp³-hybridized carbons (Fsp3) is 0.462. The van der Waals surface area contributed by atoms with Crippen LogP contribution in [0.5, 0.6) is 0 Å². The number of halogens is 2. The van der Waals surface area contributed by atoms with E-state index < -0.39 is 17.5 Å². The number of nitrogen functional groups attached to an aromatic ring is 1. The summed E-state index contributed by atoms with van der Waals surface area (Å²) in [5, 5.41) is 0. The third kappa shape index (κ3) is 3.18. The van der Waals surface area contributed by atoms with Crippen LogP contribution in [0.1, 0.15) is 37.0 Å². The predicted octanol–water partition coefficient (Wildman–Crippen LogP) is 2.81. The number of rotatable bonds is 5. The summed E-state index contributed by atoms with van der Waals surface area (Å²) in [5.41, 5.74) is 4.67. The van der Waals surface area contributed by atoms with E-state index in [1.165, 1.54) is 4.90 Å². The third-order valence-corrected chi connectivity index (χ3v) is 2.75. The van der Waals surface area contributed by atoms with Crippen LogP contribution in [0.4, 0.5) is 14.5 Å². The predicted molar refractivity (Wildman–Crippen MR) is 67.3 cm³/mol. The van der Waals surface area contributed by atoms with E-state index in [4.69, 9.17) is 5.73 Å². The fourth-order valence-electron chi connectivity index (χ4n) is 1.69. The zero-order chi connectivity index (χ0) is 13.7. The van der Waals surface area contributed by atoms with E-state index in [1.807, 2.05) is 6.92 Å². The van der Waals surface area contributed by atoms with Gasteiger partial charge in [0.15, 0.2) is 5.82 Å². The molecule has 0 saturated carbocycles.